The number of hydrogen-bond donors (Lipinski definition) is 1. The lowest BCUT2D eigenvalue weighted by Crippen LogP contribution is -2.40. The lowest BCUT2D eigenvalue weighted by Gasteiger charge is -2.24. The van der Waals surface area contributed by atoms with E-state index in [4.69, 9.17) is 4.74 Å². The smallest absolute Gasteiger partial charge is 0.261 e. The van der Waals surface area contributed by atoms with Gasteiger partial charge in [-0.1, -0.05) is 67.9 Å². The first-order valence-electron chi connectivity index (χ1n) is 10.0. The first-order chi connectivity index (χ1) is 13.5. The van der Waals surface area contributed by atoms with Crippen molar-refractivity contribution in [1.82, 2.24) is 5.32 Å². The number of aryl methyl sites for hydroxylation is 2. The number of nitrogens with one attached hydrogen (secondary N) is 1. The normalized spacial score (nSPS) is 13.1. The van der Waals surface area contributed by atoms with E-state index in [-0.39, 0.29) is 11.9 Å². The predicted octanol–water partition coefficient (Wildman–Crippen LogP) is 5.88. The molecule has 28 heavy (non-hydrogen) atoms. The van der Waals surface area contributed by atoms with Crippen LogP contribution in [0.4, 0.5) is 0 Å². The summed E-state index contributed by atoms with van der Waals surface area (Å²) in [4.78, 5) is 12.9. The number of amides is 1. The van der Waals surface area contributed by atoms with Crippen molar-refractivity contribution < 1.29 is 9.53 Å². The van der Waals surface area contributed by atoms with Gasteiger partial charge in [-0.05, 0) is 60.7 Å². The Balaban J connectivity index is 1.74. The maximum atomic E-state index is 12.9. The summed E-state index contributed by atoms with van der Waals surface area (Å²) < 4.78 is 6.05. The van der Waals surface area contributed by atoms with Crippen LogP contribution < -0.4 is 10.1 Å². The summed E-state index contributed by atoms with van der Waals surface area (Å²) in [7, 11) is 0. The van der Waals surface area contributed by atoms with Crippen molar-refractivity contribution in [1.29, 1.82) is 0 Å². The van der Waals surface area contributed by atoms with Crippen molar-refractivity contribution in [3.8, 4) is 5.75 Å². The Labute approximate surface area is 167 Å². The minimum atomic E-state index is -0.513. The second-order valence-electron chi connectivity index (χ2n) is 7.35. The Morgan fingerprint density at radius 1 is 0.929 bits per heavy atom. The standard InChI is InChI=1S/C25H29NO2/c1-5-23(22-14-11-17(3)15-18(22)4)26-25(27)24(6-2)28-21-13-12-19-9-7-8-10-20(19)16-21/h7-16,23-24H,5-6H2,1-4H3,(H,26,27). The van der Waals surface area contributed by atoms with Crippen molar-refractivity contribution in [3.63, 3.8) is 0 Å². The van der Waals surface area contributed by atoms with Gasteiger partial charge in [0.25, 0.3) is 5.91 Å². The van der Waals surface area contributed by atoms with E-state index < -0.39 is 6.10 Å². The average Bonchev–Trinajstić information content (AvgIpc) is 2.70. The van der Waals surface area contributed by atoms with Crippen LogP contribution in [-0.2, 0) is 4.79 Å². The zero-order valence-corrected chi connectivity index (χ0v) is 17.2. The van der Waals surface area contributed by atoms with Crippen LogP contribution >= 0.6 is 0 Å². The van der Waals surface area contributed by atoms with Gasteiger partial charge in [0.15, 0.2) is 6.10 Å². The number of rotatable bonds is 7. The van der Waals surface area contributed by atoms with E-state index in [9.17, 15) is 4.79 Å². The Hall–Kier alpha value is -2.81. The number of ether oxygens (including phenoxy) is 1. The highest BCUT2D eigenvalue weighted by atomic mass is 16.5. The van der Waals surface area contributed by atoms with Crippen molar-refractivity contribution >= 4 is 16.7 Å². The van der Waals surface area contributed by atoms with E-state index in [1.807, 2.05) is 37.3 Å². The molecule has 1 amide bonds. The number of carbonyl (C=O) groups excluding carboxylic acids is 1. The first kappa shape index (κ1) is 19.9. The highest BCUT2D eigenvalue weighted by molar-refractivity contribution is 5.84. The summed E-state index contributed by atoms with van der Waals surface area (Å²) in [5.41, 5.74) is 3.60. The Morgan fingerprint density at radius 3 is 2.36 bits per heavy atom. The van der Waals surface area contributed by atoms with Crippen molar-refractivity contribution in [2.75, 3.05) is 0 Å². The molecule has 0 radical (unpaired) electrons. The summed E-state index contributed by atoms with van der Waals surface area (Å²) in [5.74, 6) is 0.655. The van der Waals surface area contributed by atoms with Gasteiger partial charge >= 0.3 is 0 Å². The molecule has 0 aliphatic carbocycles. The summed E-state index contributed by atoms with van der Waals surface area (Å²) in [5, 5.41) is 5.46. The molecule has 2 atom stereocenters. The lowest BCUT2D eigenvalue weighted by molar-refractivity contribution is -0.128. The average molecular weight is 376 g/mol. The molecule has 0 aromatic heterocycles. The summed E-state index contributed by atoms with van der Waals surface area (Å²) >= 11 is 0. The van der Waals surface area contributed by atoms with Crippen molar-refractivity contribution in [2.24, 2.45) is 0 Å². The largest absolute Gasteiger partial charge is 0.481 e. The van der Waals surface area contributed by atoms with Crippen molar-refractivity contribution in [2.45, 2.75) is 52.7 Å². The Kier molecular flexibility index (Phi) is 6.35. The van der Waals surface area contributed by atoms with E-state index in [0.717, 1.165) is 22.9 Å². The third kappa shape index (κ3) is 4.53. The van der Waals surface area contributed by atoms with Crippen LogP contribution in [0.5, 0.6) is 5.75 Å². The van der Waals surface area contributed by atoms with Crippen molar-refractivity contribution in [3.05, 3.63) is 77.4 Å². The zero-order valence-electron chi connectivity index (χ0n) is 17.2. The molecule has 0 heterocycles. The monoisotopic (exact) mass is 375 g/mol. The maximum Gasteiger partial charge on any atom is 0.261 e. The summed E-state index contributed by atoms with van der Waals surface area (Å²) in [6.07, 6.45) is 0.935. The second-order valence-corrected chi connectivity index (χ2v) is 7.35. The minimum Gasteiger partial charge on any atom is -0.481 e. The maximum absolute atomic E-state index is 12.9. The van der Waals surface area contributed by atoms with Crippen LogP contribution in [0.1, 0.15) is 49.4 Å². The van der Waals surface area contributed by atoms with Gasteiger partial charge in [0.05, 0.1) is 6.04 Å². The summed E-state index contributed by atoms with van der Waals surface area (Å²) in [6.45, 7) is 8.25. The van der Waals surface area contributed by atoms with E-state index >= 15 is 0 Å². The SMILES string of the molecule is CCC(Oc1ccc2ccccc2c1)C(=O)NC(CC)c1ccc(C)cc1C. The number of carbonyl (C=O) groups is 1. The summed E-state index contributed by atoms with van der Waals surface area (Å²) in [6, 6.07) is 20.5. The van der Waals surface area contributed by atoms with Gasteiger partial charge in [0.2, 0.25) is 0 Å². The molecule has 146 valence electrons. The first-order valence-corrected chi connectivity index (χ1v) is 10.0. The molecule has 0 saturated carbocycles. The fourth-order valence-electron chi connectivity index (χ4n) is 3.61. The van der Waals surface area contributed by atoms with Gasteiger partial charge < -0.3 is 10.1 Å². The quantitative estimate of drug-likeness (QED) is 0.560. The fourth-order valence-corrected chi connectivity index (χ4v) is 3.61. The molecule has 0 spiro atoms. The van der Waals surface area contributed by atoms with E-state index in [0.29, 0.717) is 6.42 Å². The van der Waals surface area contributed by atoms with Crippen LogP contribution in [0.25, 0.3) is 10.8 Å². The molecule has 0 aliphatic rings. The van der Waals surface area contributed by atoms with E-state index in [1.54, 1.807) is 0 Å². The highest BCUT2D eigenvalue weighted by Gasteiger charge is 2.22. The third-order valence-electron chi connectivity index (χ3n) is 5.19. The molecular formula is C25H29NO2. The van der Waals surface area contributed by atoms with E-state index in [1.165, 1.54) is 16.7 Å². The van der Waals surface area contributed by atoms with Gasteiger partial charge in [-0.3, -0.25) is 4.79 Å². The molecular weight excluding hydrogens is 346 g/mol. The van der Waals surface area contributed by atoms with Crippen LogP contribution in [-0.4, -0.2) is 12.0 Å². The van der Waals surface area contributed by atoms with E-state index in [2.05, 4.69) is 56.4 Å². The zero-order chi connectivity index (χ0) is 20.1. The number of benzene rings is 3. The molecule has 2 unspecified atom stereocenters. The Bertz CT molecular complexity index is 964. The van der Waals surface area contributed by atoms with Crippen LogP contribution in [0.15, 0.2) is 60.7 Å². The molecule has 3 aromatic carbocycles. The second kappa shape index (κ2) is 8.92. The minimum absolute atomic E-state index is 0.0117. The molecule has 3 nitrogen and oxygen atoms in total. The van der Waals surface area contributed by atoms with Gasteiger partial charge in [-0.25, -0.2) is 0 Å². The molecule has 0 saturated heterocycles. The topological polar surface area (TPSA) is 38.3 Å². The van der Waals surface area contributed by atoms with Crippen LogP contribution in [0.2, 0.25) is 0 Å². The van der Waals surface area contributed by atoms with Crippen LogP contribution in [0, 0.1) is 13.8 Å². The number of fused-ring (bicyclic) bond motifs is 1. The van der Waals surface area contributed by atoms with Gasteiger partial charge in [0.1, 0.15) is 5.75 Å². The molecule has 3 aromatic rings. The van der Waals surface area contributed by atoms with Gasteiger partial charge in [-0.15, -0.1) is 0 Å². The Morgan fingerprint density at radius 2 is 1.68 bits per heavy atom. The molecule has 0 bridgehead atoms. The van der Waals surface area contributed by atoms with Crippen LogP contribution in [0.3, 0.4) is 0 Å². The number of hydrogen-bond acceptors (Lipinski definition) is 2. The lowest BCUT2D eigenvalue weighted by atomic mass is 9.97. The molecule has 0 fully saturated rings. The van der Waals surface area contributed by atoms with Gasteiger partial charge in [0, 0.05) is 0 Å². The highest BCUT2D eigenvalue weighted by Crippen LogP contribution is 2.24. The predicted molar refractivity (Wildman–Crippen MR) is 116 cm³/mol. The molecule has 3 heteroatoms. The van der Waals surface area contributed by atoms with Gasteiger partial charge in [-0.2, -0.15) is 0 Å². The fraction of sp³-hybridized carbons (Fsp3) is 0.320. The third-order valence-corrected chi connectivity index (χ3v) is 5.19. The molecule has 3 rings (SSSR count). The molecule has 1 N–H and O–H groups in total. The molecule has 0 aliphatic heterocycles.